The van der Waals surface area contributed by atoms with Crippen LogP contribution in [0.15, 0.2) is 0 Å². The molecule has 2 nitrogen and oxygen atoms in total. The van der Waals surface area contributed by atoms with Crippen LogP contribution >= 0.6 is 0 Å². The first-order chi connectivity index (χ1) is 0. The zero-order valence-electron chi connectivity index (χ0n) is 2.32. The van der Waals surface area contributed by atoms with Gasteiger partial charge >= 0.3 is 23.9 Å². The molecule has 0 heterocycles. The SMILES string of the molecule is [O-2].[O-2].[Sn+4].[Ti].[Zr]. The van der Waals surface area contributed by atoms with Crippen molar-refractivity contribution in [1.29, 1.82) is 0 Å². The Balaban J connectivity index is 0. The fourth-order valence-electron chi connectivity index (χ4n) is 0. The number of rotatable bonds is 0. The first-order valence-electron chi connectivity index (χ1n) is 0. The number of hydrogen-bond acceptors (Lipinski definition) is 0. The molecule has 0 rings (SSSR count). The van der Waals surface area contributed by atoms with Crippen molar-refractivity contribution in [2.24, 2.45) is 0 Å². The molecule has 0 spiro atoms. The third-order valence-corrected chi connectivity index (χ3v) is 0. The van der Waals surface area contributed by atoms with E-state index in [0.29, 0.717) is 0 Å². The predicted molar refractivity (Wildman–Crippen MR) is 7.13 cm³/mol. The predicted octanol–water partition coefficient (Wildman–Crippen LogP) is -0.623. The Morgan fingerprint density at radius 3 is 0.800 bits per heavy atom. The molecule has 5 heteroatoms. The van der Waals surface area contributed by atoms with E-state index in [1.807, 2.05) is 0 Å². The van der Waals surface area contributed by atoms with Crippen LogP contribution in [0.2, 0.25) is 0 Å². The van der Waals surface area contributed by atoms with Crippen molar-refractivity contribution in [1.82, 2.24) is 0 Å². The normalized spacial score (nSPS) is 0. The molecule has 0 aliphatic carbocycles. The zero-order valence-corrected chi connectivity index (χ0v) is 9.19. The summed E-state index contributed by atoms with van der Waals surface area (Å²) >= 11 is 0. The molecular formula is O2SnTiZr. The Bertz CT molecular complexity index is 9.61. The van der Waals surface area contributed by atoms with E-state index in [0.717, 1.165) is 0 Å². The number of hydrogen-bond donors (Lipinski definition) is 0. The third-order valence-electron chi connectivity index (χ3n) is 0. The summed E-state index contributed by atoms with van der Waals surface area (Å²) in [7, 11) is 0. The molecule has 0 aliphatic rings. The van der Waals surface area contributed by atoms with Gasteiger partial charge in [-0.05, 0) is 0 Å². The van der Waals surface area contributed by atoms with Gasteiger partial charge < -0.3 is 11.0 Å². The second kappa shape index (κ2) is 33.3. The van der Waals surface area contributed by atoms with E-state index in [9.17, 15) is 0 Å². The van der Waals surface area contributed by atoms with Crippen molar-refractivity contribution in [3.63, 3.8) is 0 Å². The maximum Gasteiger partial charge on any atom is 4.00 e. The van der Waals surface area contributed by atoms with Crippen molar-refractivity contribution in [2.45, 2.75) is 0 Å². The van der Waals surface area contributed by atoms with E-state index in [1.165, 1.54) is 0 Å². The van der Waals surface area contributed by atoms with E-state index >= 15 is 0 Å². The van der Waals surface area contributed by atoms with Crippen LogP contribution in [0.4, 0.5) is 0 Å². The van der Waals surface area contributed by atoms with Crippen LogP contribution in [0.5, 0.6) is 0 Å². The van der Waals surface area contributed by atoms with Gasteiger partial charge in [0.1, 0.15) is 0 Å². The Labute approximate surface area is 81.7 Å². The first-order valence-corrected chi connectivity index (χ1v) is 0. The van der Waals surface area contributed by atoms with Gasteiger partial charge in [-0.3, -0.25) is 0 Å². The van der Waals surface area contributed by atoms with E-state index in [2.05, 4.69) is 0 Å². The molecule has 0 atom stereocenters. The summed E-state index contributed by atoms with van der Waals surface area (Å²) in [5.41, 5.74) is 0. The van der Waals surface area contributed by atoms with Crippen LogP contribution in [0.3, 0.4) is 0 Å². The summed E-state index contributed by atoms with van der Waals surface area (Å²) in [6.07, 6.45) is 0. The van der Waals surface area contributed by atoms with E-state index < -0.39 is 0 Å². The van der Waals surface area contributed by atoms with Gasteiger partial charge in [0, 0.05) is 47.9 Å². The Hall–Kier alpha value is 2.32. The standard InChI is InChI=1S/2O.Sn.Ti.Zr/q2*-2;+4;;. The van der Waals surface area contributed by atoms with Crippen LogP contribution in [-0.4, -0.2) is 23.9 Å². The molecule has 0 saturated heterocycles. The van der Waals surface area contributed by atoms with Gasteiger partial charge in [-0.1, -0.05) is 0 Å². The molecule has 0 fully saturated rings. The van der Waals surface area contributed by atoms with Crippen molar-refractivity contribution in [3.8, 4) is 0 Å². The minimum Gasteiger partial charge on any atom is -2.00 e. The van der Waals surface area contributed by atoms with E-state index in [1.54, 1.807) is 0 Å². The molecule has 0 aromatic rings. The van der Waals surface area contributed by atoms with Crippen LogP contribution in [-0.2, 0) is 58.9 Å². The molecule has 5 heavy (non-hydrogen) atoms. The summed E-state index contributed by atoms with van der Waals surface area (Å²) in [6.45, 7) is 0. The molecule has 0 aromatic heterocycles. The maximum absolute atomic E-state index is 0. The Kier molecular flexibility index (Phi) is 362. The third kappa shape index (κ3) is 21.9. The molecule has 0 N–H and O–H groups in total. The fraction of sp³-hybridized carbons (Fsp3) is 0. The van der Waals surface area contributed by atoms with Crippen LogP contribution in [0.25, 0.3) is 0 Å². The molecule has 0 unspecified atom stereocenters. The van der Waals surface area contributed by atoms with Crippen molar-refractivity contribution in [2.75, 3.05) is 0 Å². The van der Waals surface area contributed by atoms with Crippen molar-refractivity contribution >= 4 is 23.9 Å². The Morgan fingerprint density at radius 1 is 0.800 bits per heavy atom. The van der Waals surface area contributed by atoms with Crippen LogP contribution in [0, 0.1) is 0 Å². The second-order valence-electron chi connectivity index (χ2n) is 0. The largest absolute Gasteiger partial charge is 4.00 e. The molecule has 0 radical (unpaired) electrons. The monoisotopic (exact) mass is 290 g/mol. The molecule has 0 saturated carbocycles. The zero-order chi connectivity index (χ0) is 0. The van der Waals surface area contributed by atoms with Crippen molar-refractivity contribution in [3.05, 3.63) is 0 Å². The summed E-state index contributed by atoms with van der Waals surface area (Å²) in [5, 5.41) is 0. The summed E-state index contributed by atoms with van der Waals surface area (Å²) in [4.78, 5) is 0. The van der Waals surface area contributed by atoms with Gasteiger partial charge in [-0.25, -0.2) is 0 Å². The fourth-order valence-corrected chi connectivity index (χ4v) is 0. The Morgan fingerprint density at radius 2 is 0.800 bits per heavy atom. The minimum atomic E-state index is 0. The quantitative estimate of drug-likeness (QED) is 0.534. The summed E-state index contributed by atoms with van der Waals surface area (Å²) in [6, 6.07) is 0. The van der Waals surface area contributed by atoms with Crippen molar-refractivity contribution < 1.29 is 58.9 Å². The molecule has 24 valence electrons. The van der Waals surface area contributed by atoms with Gasteiger partial charge in [-0.15, -0.1) is 0 Å². The summed E-state index contributed by atoms with van der Waals surface area (Å²) in [5.74, 6) is 0. The van der Waals surface area contributed by atoms with Gasteiger partial charge in [-0.2, -0.15) is 0 Å². The van der Waals surface area contributed by atoms with Gasteiger partial charge in [0.2, 0.25) is 0 Å². The van der Waals surface area contributed by atoms with Crippen LogP contribution < -0.4 is 0 Å². The average Bonchev–Trinajstić information content (AvgIpc) is 0. The molecular weight excluding hydrogens is 290 g/mol. The van der Waals surface area contributed by atoms with E-state index in [4.69, 9.17) is 0 Å². The molecule has 0 bridgehead atoms. The smallest absolute Gasteiger partial charge is 2.00 e. The van der Waals surface area contributed by atoms with Gasteiger partial charge in [0.25, 0.3) is 0 Å². The topological polar surface area (TPSA) is 57.0 Å². The summed E-state index contributed by atoms with van der Waals surface area (Å²) < 4.78 is 0. The molecule has 0 aromatic carbocycles. The second-order valence-corrected chi connectivity index (χ2v) is 0. The van der Waals surface area contributed by atoms with Gasteiger partial charge in [0.05, 0.1) is 0 Å². The minimum absolute atomic E-state index is 0. The maximum atomic E-state index is 0. The van der Waals surface area contributed by atoms with E-state index in [-0.39, 0.29) is 82.8 Å². The average molecular weight is 290 g/mol. The molecule has 0 amide bonds. The van der Waals surface area contributed by atoms with Crippen LogP contribution in [0.1, 0.15) is 0 Å². The first kappa shape index (κ1) is 54.4. The van der Waals surface area contributed by atoms with Gasteiger partial charge in [0.15, 0.2) is 0 Å². The molecule has 0 aliphatic heterocycles.